The molecule has 0 saturated carbocycles. The molecule has 0 radical (unpaired) electrons. The van der Waals surface area contributed by atoms with Crippen LogP contribution in [0.2, 0.25) is 0 Å². The maximum absolute atomic E-state index is 5.90. The number of rotatable bonds is 2. The monoisotopic (exact) mass is 218 g/mol. The smallest absolute Gasteiger partial charge is 0.0468 e. The van der Waals surface area contributed by atoms with Gasteiger partial charge in [-0.25, -0.2) is 0 Å². The van der Waals surface area contributed by atoms with Crippen LogP contribution in [0.1, 0.15) is 26.3 Å². The maximum atomic E-state index is 5.90. The Morgan fingerprint density at radius 3 is 2.75 bits per heavy atom. The Bertz CT molecular complexity index is 371. The van der Waals surface area contributed by atoms with Crippen LogP contribution in [-0.2, 0) is 6.42 Å². The van der Waals surface area contributed by atoms with Crippen molar-refractivity contribution in [2.24, 2.45) is 11.7 Å². The van der Waals surface area contributed by atoms with Crippen molar-refractivity contribution >= 4 is 5.69 Å². The molecule has 2 rings (SSSR count). The zero-order valence-corrected chi connectivity index (χ0v) is 10.5. The highest BCUT2D eigenvalue weighted by atomic mass is 15.2. The van der Waals surface area contributed by atoms with Crippen molar-refractivity contribution in [2.45, 2.75) is 32.7 Å². The van der Waals surface area contributed by atoms with E-state index in [1.165, 1.54) is 17.7 Å². The van der Waals surface area contributed by atoms with E-state index in [1.54, 1.807) is 0 Å². The molecule has 1 heterocycles. The molecular weight excluding hydrogens is 196 g/mol. The molecule has 1 atom stereocenters. The van der Waals surface area contributed by atoms with Gasteiger partial charge in [-0.05, 0) is 37.8 Å². The second-order valence-electron chi connectivity index (χ2n) is 5.57. The van der Waals surface area contributed by atoms with E-state index >= 15 is 0 Å². The summed E-state index contributed by atoms with van der Waals surface area (Å²) < 4.78 is 0. The fourth-order valence-electron chi connectivity index (χ4n) is 2.48. The first kappa shape index (κ1) is 11.5. The lowest BCUT2D eigenvalue weighted by atomic mass is 9.89. The van der Waals surface area contributed by atoms with Crippen molar-refractivity contribution in [3.05, 3.63) is 29.8 Å². The molecule has 1 aromatic carbocycles. The highest BCUT2D eigenvalue weighted by molar-refractivity contribution is 5.57. The first-order valence-electron chi connectivity index (χ1n) is 6.10. The summed E-state index contributed by atoms with van der Waals surface area (Å²) in [6.07, 6.45) is 1.19. The summed E-state index contributed by atoms with van der Waals surface area (Å²) in [7, 11) is 0. The van der Waals surface area contributed by atoms with Crippen molar-refractivity contribution in [3.8, 4) is 0 Å². The van der Waals surface area contributed by atoms with Gasteiger partial charge in [0.1, 0.15) is 0 Å². The summed E-state index contributed by atoms with van der Waals surface area (Å²) in [5, 5.41) is 0. The molecule has 1 aromatic rings. The number of para-hydroxylation sites is 1. The van der Waals surface area contributed by atoms with E-state index in [1.807, 2.05) is 0 Å². The minimum atomic E-state index is 0.0464. The van der Waals surface area contributed by atoms with Crippen LogP contribution in [0, 0.1) is 5.92 Å². The second kappa shape index (κ2) is 4.10. The summed E-state index contributed by atoms with van der Waals surface area (Å²) in [5.41, 5.74) is 8.78. The SMILES string of the molecule is CC1Cc2ccccc2N(C(C)(C)CN)C1. The van der Waals surface area contributed by atoms with E-state index in [-0.39, 0.29) is 5.54 Å². The Kier molecular flexibility index (Phi) is 2.94. The number of nitrogens with two attached hydrogens (primary N) is 1. The van der Waals surface area contributed by atoms with E-state index < -0.39 is 0 Å². The molecule has 1 aliphatic heterocycles. The molecule has 0 saturated heterocycles. The van der Waals surface area contributed by atoms with Crippen LogP contribution in [0.4, 0.5) is 5.69 Å². The summed E-state index contributed by atoms with van der Waals surface area (Å²) in [4.78, 5) is 2.47. The zero-order valence-electron chi connectivity index (χ0n) is 10.5. The lowest BCUT2D eigenvalue weighted by Gasteiger charge is -2.45. The molecule has 0 aromatic heterocycles. The highest BCUT2D eigenvalue weighted by Gasteiger charge is 2.31. The molecule has 0 fully saturated rings. The van der Waals surface area contributed by atoms with Gasteiger partial charge in [0.2, 0.25) is 0 Å². The molecule has 0 aliphatic carbocycles. The predicted octanol–water partition coefficient (Wildman–Crippen LogP) is 2.42. The van der Waals surface area contributed by atoms with Gasteiger partial charge in [-0.3, -0.25) is 0 Å². The van der Waals surface area contributed by atoms with Gasteiger partial charge >= 0.3 is 0 Å². The average Bonchev–Trinajstić information content (AvgIpc) is 2.28. The maximum Gasteiger partial charge on any atom is 0.0468 e. The first-order valence-corrected chi connectivity index (χ1v) is 6.10. The summed E-state index contributed by atoms with van der Waals surface area (Å²) >= 11 is 0. The normalized spacial score (nSPS) is 20.8. The average molecular weight is 218 g/mol. The standard InChI is InChI=1S/C14H22N2/c1-11-8-12-6-4-5-7-13(12)16(9-11)14(2,3)10-15/h4-7,11H,8-10,15H2,1-3H3. The van der Waals surface area contributed by atoms with Crippen LogP contribution in [0.15, 0.2) is 24.3 Å². The minimum Gasteiger partial charge on any atom is -0.365 e. The van der Waals surface area contributed by atoms with Crippen LogP contribution < -0.4 is 10.6 Å². The zero-order chi connectivity index (χ0) is 11.8. The molecule has 2 heteroatoms. The van der Waals surface area contributed by atoms with Gasteiger partial charge in [-0.2, -0.15) is 0 Å². The van der Waals surface area contributed by atoms with Gasteiger partial charge in [0, 0.05) is 24.3 Å². The van der Waals surface area contributed by atoms with Crippen LogP contribution in [0.25, 0.3) is 0 Å². The summed E-state index contributed by atoms with van der Waals surface area (Å²) in [6, 6.07) is 8.71. The molecule has 0 spiro atoms. The van der Waals surface area contributed by atoms with Crippen LogP contribution >= 0.6 is 0 Å². The Morgan fingerprint density at radius 1 is 1.38 bits per heavy atom. The van der Waals surface area contributed by atoms with Crippen molar-refractivity contribution in [2.75, 3.05) is 18.0 Å². The molecular formula is C14H22N2. The second-order valence-corrected chi connectivity index (χ2v) is 5.57. The Labute approximate surface area is 98.4 Å². The van der Waals surface area contributed by atoms with Gasteiger partial charge in [-0.1, -0.05) is 25.1 Å². The number of hydrogen-bond acceptors (Lipinski definition) is 2. The Balaban J connectivity index is 2.41. The molecule has 2 N–H and O–H groups in total. The molecule has 0 amide bonds. The molecule has 1 aliphatic rings. The van der Waals surface area contributed by atoms with Crippen molar-refractivity contribution in [1.82, 2.24) is 0 Å². The minimum absolute atomic E-state index is 0.0464. The van der Waals surface area contributed by atoms with E-state index in [9.17, 15) is 0 Å². The van der Waals surface area contributed by atoms with Gasteiger partial charge in [0.25, 0.3) is 0 Å². The number of fused-ring (bicyclic) bond motifs is 1. The van der Waals surface area contributed by atoms with Crippen LogP contribution in [-0.4, -0.2) is 18.6 Å². The Hall–Kier alpha value is -1.02. The van der Waals surface area contributed by atoms with E-state index in [4.69, 9.17) is 5.73 Å². The number of nitrogens with zero attached hydrogens (tertiary/aromatic N) is 1. The molecule has 88 valence electrons. The lowest BCUT2D eigenvalue weighted by molar-refractivity contribution is 0.410. The fraction of sp³-hybridized carbons (Fsp3) is 0.571. The quantitative estimate of drug-likeness (QED) is 0.826. The van der Waals surface area contributed by atoms with Crippen molar-refractivity contribution < 1.29 is 0 Å². The summed E-state index contributed by atoms with van der Waals surface area (Å²) in [6.45, 7) is 8.56. The third kappa shape index (κ3) is 1.94. The first-order chi connectivity index (χ1) is 7.54. The summed E-state index contributed by atoms with van der Waals surface area (Å²) in [5.74, 6) is 0.709. The predicted molar refractivity (Wildman–Crippen MR) is 69.8 cm³/mol. The fourth-order valence-corrected chi connectivity index (χ4v) is 2.48. The van der Waals surface area contributed by atoms with E-state index in [2.05, 4.69) is 49.9 Å². The number of anilines is 1. The largest absolute Gasteiger partial charge is 0.365 e. The lowest BCUT2D eigenvalue weighted by Crippen LogP contribution is -2.53. The highest BCUT2D eigenvalue weighted by Crippen LogP contribution is 2.33. The van der Waals surface area contributed by atoms with Gasteiger partial charge in [0.15, 0.2) is 0 Å². The van der Waals surface area contributed by atoms with Gasteiger partial charge in [0.05, 0.1) is 0 Å². The number of hydrogen-bond donors (Lipinski definition) is 1. The third-order valence-electron chi connectivity index (χ3n) is 3.58. The van der Waals surface area contributed by atoms with Gasteiger partial charge in [-0.15, -0.1) is 0 Å². The molecule has 0 bridgehead atoms. The third-order valence-corrected chi connectivity index (χ3v) is 3.58. The van der Waals surface area contributed by atoms with Crippen LogP contribution in [0.5, 0.6) is 0 Å². The molecule has 16 heavy (non-hydrogen) atoms. The van der Waals surface area contributed by atoms with Gasteiger partial charge < -0.3 is 10.6 Å². The molecule has 1 unspecified atom stereocenters. The van der Waals surface area contributed by atoms with E-state index in [0.29, 0.717) is 12.5 Å². The number of benzene rings is 1. The van der Waals surface area contributed by atoms with Crippen LogP contribution in [0.3, 0.4) is 0 Å². The van der Waals surface area contributed by atoms with E-state index in [0.717, 1.165) is 6.54 Å². The van der Waals surface area contributed by atoms with Crippen molar-refractivity contribution in [1.29, 1.82) is 0 Å². The topological polar surface area (TPSA) is 29.3 Å². The molecule has 2 nitrogen and oxygen atoms in total. The Morgan fingerprint density at radius 2 is 2.06 bits per heavy atom. The van der Waals surface area contributed by atoms with Crippen molar-refractivity contribution in [3.63, 3.8) is 0 Å².